The first kappa shape index (κ1) is 17.0. The summed E-state index contributed by atoms with van der Waals surface area (Å²) >= 11 is 0. The Morgan fingerprint density at radius 2 is 1.96 bits per heavy atom. The van der Waals surface area contributed by atoms with Crippen LogP contribution >= 0.6 is 0 Å². The second kappa shape index (κ2) is 6.04. The van der Waals surface area contributed by atoms with E-state index >= 15 is 0 Å². The minimum atomic E-state index is -0.771. The number of ether oxygens (including phenoxy) is 3. The minimum Gasteiger partial charge on any atom is -0.493 e. The molecule has 0 aliphatic carbocycles. The van der Waals surface area contributed by atoms with E-state index in [9.17, 15) is 14.4 Å². The zero-order valence-corrected chi connectivity index (χ0v) is 14.9. The molecule has 9 nitrogen and oxygen atoms in total. The molecule has 3 heterocycles. The Kier molecular flexibility index (Phi) is 3.79. The number of benzene rings is 1. The molecular weight excluding hydrogens is 354 g/mol. The van der Waals surface area contributed by atoms with Crippen LogP contribution in [0.25, 0.3) is 0 Å². The number of anilines is 1. The van der Waals surface area contributed by atoms with Gasteiger partial charge in [0, 0.05) is 12.6 Å². The van der Waals surface area contributed by atoms with Gasteiger partial charge in [0.05, 0.1) is 37.0 Å². The summed E-state index contributed by atoms with van der Waals surface area (Å²) in [4.78, 5) is 39.5. The summed E-state index contributed by atoms with van der Waals surface area (Å²) in [6.45, 7) is 0.0391. The molecule has 140 valence electrons. The van der Waals surface area contributed by atoms with Gasteiger partial charge >= 0.3 is 11.7 Å². The average molecular weight is 371 g/mol. The van der Waals surface area contributed by atoms with Crippen molar-refractivity contribution in [3.05, 3.63) is 61.4 Å². The molecule has 2 aliphatic rings. The van der Waals surface area contributed by atoms with Gasteiger partial charge in [-0.2, -0.15) is 0 Å². The maximum absolute atomic E-state index is 12.7. The van der Waals surface area contributed by atoms with Gasteiger partial charge in [-0.1, -0.05) is 12.1 Å². The molecule has 0 saturated heterocycles. The van der Waals surface area contributed by atoms with Gasteiger partial charge in [-0.15, -0.1) is 0 Å². The number of rotatable bonds is 3. The summed E-state index contributed by atoms with van der Waals surface area (Å²) in [5, 5.41) is 3.01. The smallest absolute Gasteiger partial charge is 0.337 e. The number of fused-ring (bicyclic) bond motifs is 1. The minimum absolute atomic E-state index is 0.0391. The molecule has 0 amide bonds. The Morgan fingerprint density at radius 3 is 2.67 bits per heavy atom. The third-order valence-corrected chi connectivity index (χ3v) is 4.84. The fourth-order valence-electron chi connectivity index (χ4n) is 3.61. The van der Waals surface area contributed by atoms with Gasteiger partial charge in [0.15, 0.2) is 11.5 Å². The second-order valence-electron chi connectivity index (χ2n) is 6.19. The van der Waals surface area contributed by atoms with Gasteiger partial charge in [-0.25, -0.2) is 9.59 Å². The Bertz CT molecular complexity index is 1110. The standard InChI is InChI=1S/C18H17N3O6/c1-21-15-13(16(22)20-18(21)24)11(12-9(19-15)7-27-17(12)23)8-5-4-6-10(25-2)14(8)26-3/h4-6,11,19H,7H2,1-3H3,(H,20,22,24)/t11-/m0/s1. The summed E-state index contributed by atoms with van der Waals surface area (Å²) in [6, 6.07) is 5.22. The third-order valence-electron chi connectivity index (χ3n) is 4.84. The molecule has 2 aliphatic heterocycles. The maximum Gasteiger partial charge on any atom is 0.337 e. The Morgan fingerprint density at radius 1 is 1.19 bits per heavy atom. The lowest BCUT2D eigenvalue weighted by atomic mass is 9.82. The second-order valence-corrected chi connectivity index (χ2v) is 6.19. The molecule has 2 N–H and O–H groups in total. The number of carbonyl (C=O) groups is 1. The van der Waals surface area contributed by atoms with Crippen LogP contribution in [0.1, 0.15) is 17.0 Å². The Labute approximate surface area is 153 Å². The van der Waals surface area contributed by atoms with E-state index in [4.69, 9.17) is 14.2 Å². The molecule has 0 saturated carbocycles. The molecule has 0 radical (unpaired) electrons. The lowest BCUT2D eigenvalue weighted by Crippen LogP contribution is -2.37. The quantitative estimate of drug-likeness (QED) is 0.754. The highest BCUT2D eigenvalue weighted by molar-refractivity contribution is 5.97. The van der Waals surface area contributed by atoms with E-state index in [1.54, 1.807) is 18.2 Å². The van der Waals surface area contributed by atoms with E-state index in [0.29, 0.717) is 34.2 Å². The molecule has 1 aromatic heterocycles. The molecule has 4 rings (SSSR count). The van der Waals surface area contributed by atoms with Crippen LogP contribution in [0.3, 0.4) is 0 Å². The molecule has 1 atom stereocenters. The van der Waals surface area contributed by atoms with Crippen LogP contribution in [0.5, 0.6) is 11.5 Å². The van der Waals surface area contributed by atoms with Crippen LogP contribution in [0.15, 0.2) is 39.1 Å². The van der Waals surface area contributed by atoms with Crippen molar-refractivity contribution in [2.24, 2.45) is 7.05 Å². The van der Waals surface area contributed by atoms with Crippen molar-refractivity contribution in [2.75, 3.05) is 26.1 Å². The lowest BCUT2D eigenvalue weighted by molar-refractivity contribution is -0.136. The van der Waals surface area contributed by atoms with Gasteiger partial charge in [0.1, 0.15) is 12.4 Å². The summed E-state index contributed by atoms with van der Waals surface area (Å²) in [5.74, 6) is -0.115. The zero-order valence-electron chi connectivity index (χ0n) is 14.9. The zero-order chi connectivity index (χ0) is 19.3. The summed E-state index contributed by atoms with van der Waals surface area (Å²) in [7, 11) is 4.52. The molecule has 27 heavy (non-hydrogen) atoms. The first-order valence-electron chi connectivity index (χ1n) is 8.19. The van der Waals surface area contributed by atoms with Crippen LogP contribution < -0.4 is 26.0 Å². The number of hydrogen-bond acceptors (Lipinski definition) is 7. The molecule has 2 aromatic rings. The van der Waals surface area contributed by atoms with Crippen molar-refractivity contribution >= 4 is 11.8 Å². The average Bonchev–Trinajstić information content (AvgIpc) is 3.04. The monoisotopic (exact) mass is 371 g/mol. The van der Waals surface area contributed by atoms with Gasteiger partial charge in [-0.05, 0) is 6.07 Å². The highest BCUT2D eigenvalue weighted by Gasteiger charge is 2.42. The van der Waals surface area contributed by atoms with Crippen LogP contribution in [-0.2, 0) is 16.6 Å². The molecule has 0 fully saturated rings. The molecule has 0 spiro atoms. The van der Waals surface area contributed by atoms with E-state index in [-0.39, 0.29) is 12.2 Å². The van der Waals surface area contributed by atoms with Gasteiger partial charge < -0.3 is 19.5 Å². The number of hydrogen-bond donors (Lipinski definition) is 2. The van der Waals surface area contributed by atoms with E-state index in [1.165, 1.54) is 25.8 Å². The fourth-order valence-corrected chi connectivity index (χ4v) is 3.61. The van der Waals surface area contributed by atoms with Crippen molar-refractivity contribution in [1.82, 2.24) is 9.55 Å². The van der Waals surface area contributed by atoms with Crippen LogP contribution in [0.4, 0.5) is 5.82 Å². The van der Waals surface area contributed by atoms with Gasteiger partial charge in [0.25, 0.3) is 5.56 Å². The largest absolute Gasteiger partial charge is 0.493 e. The summed E-state index contributed by atoms with van der Waals surface area (Å²) in [6.07, 6.45) is 0. The Balaban J connectivity index is 2.09. The predicted molar refractivity (Wildman–Crippen MR) is 95.3 cm³/mol. The number of carbonyl (C=O) groups excluding carboxylic acids is 1. The first-order valence-corrected chi connectivity index (χ1v) is 8.19. The maximum atomic E-state index is 12.7. The summed E-state index contributed by atoms with van der Waals surface area (Å²) < 4.78 is 17.3. The SMILES string of the molecule is COc1cccc([C@H]2C3=C(COC3=O)Nc3c2c(=O)[nH]c(=O)n3C)c1OC. The topological polar surface area (TPSA) is 112 Å². The predicted octanol–water partition coefficient (Wildman–Crippen LogP) is 0.459. The number of H-pyrrole nitrogens is 1. The molecule has 1 aromatic carbocycles. The van der Waals surface area contributed by atoms with Gasteiger partial charge in [0.2, 0.25) is 0 Å². The van der Waals surface area contributed by atoms with Crippen molar-refractivity contribution < 1.29 is 19.0 Å². The number of nitrogens with one attached hydrogen (secondary N) is 2. The van der Waals surface area contributed by atoms with Crippen LogP contribution in [0, 0.1) is 0 Å². The molecule has 0 bridgehead atoms. The highest BCUT2D eigenvalue weighted by atomic mass is 16.5. The van der Waals surface area contributed by atoms with Crippen LogP contribution in [0.2, 0.25) is 0 Å². The number of cyclic esters (lactones) is 1. The molecule has 0 unspecified atom stereocenters. The van der Waals surface area contributed by atoms with Crippen LogP contribution in [-0.4, -0.2) is 36.3 Å². The summed E-state index contributed by atoms with van der Waals surface area (Å²) in [5.41, 5.74) is 0.496. The van der Waals surface area contributed by atoms with Crippen molar-refractivity contribution in [2.45, 2.75) is 5.92 Å². The van der Waals surface area contributed by atoms with E-state index in [0.717, 1.165) is 0 Å². The van der Waals surface area contributed by atoms with Gasteiger partial charge in [-0.3, -0.25) is 14.3 Å². The van der Waals surface area contributed by atoms with Crippen molar-refractivity contribution in [1.29, 1.82) is 0 Å². The highest BCUT2D eigenvalue weighted by Crippen LogP contribution is 2.47. The number of aromatic amines is 1. The van der Waals surface area contributed by atoms with E-state index in [1.807, 2.05) is 0 Å². The van der Waals surface area contributed by atoms with E-state index in [2.05, 4.69) is 10.3 Å². The Hall–Kier alpha value is -3.49. The van der Waals surface area contributed by atoms with Crippen molar-refractivity contribution in [3.63, 3.8) is 0 Å². The lowest BCUT2D eigenvalue weighted by Gasteiger charge is -2.28. The molecule has 9 heteroatoms. The first-order chi connectivity index (χ1) is 13.0. The number of methoxy groups -OCH3 is 2. The number of para-hydroxylation sites is 1. The number of nitrogens with zero attached hydrogens (tertiary/aromatic N) is 1. The van der Waals surface area contributed by atoms with Crippen molar-refractivity contribution in [3.8, 4) is 11.5 Å². The number of esters is 1. The van der Waals surface area contributed by atoms with E-state index < -0.39 is 23.1 Å². The normalized spacial score (nSPS) is 17.7. The molecular formula is C18H17N3O6. The fraction of sp³-hybridized carbons (Fsp3) is 0.278. The third kappa shape index (κ3) is 2.35. The number of aromatic nitrogens is 2.